The van der Waals surface area contributed by atoms with Gasteiger partial charge in [-0.15, -0.1) is 11.8 Å². The summed E-state index contributed by atoms with van der Waals surface area (Å²) in [4.78, 5) is 0.0388. The zero-order chi connectivity index (χ0) is 18.8. The van der Waals surface area contributed by atoms with Gasteiger partial charge in [0.15, 0.2) is 0 Å². The lowest BCUT2D eigenvalue weighted by Crippen LogP contribution is -2.13. The Kier molecular flexibility index (Phi) is 5.37. The summed E-state index contributed by atoms with van der Waals surface area (Å²) < 4.78 is 76.9. The highest BCUT2D eigenvalue weighted by atomic mass is 32.2. The van der Waals surface area contributed by atoms with Crippen molar-refractivity contribution < 1.29 is 26.3 Å². The number of benzene rings is 1. The predicted octanol–water partition coefficient (Wildman–Crippen LogP) is 5.11. The lowest BCUT2D eigenvalue weighted by atomic mass is 10.1. The van der Waals surface area contributed by atoms with Crippen LogP contribution in [0.5, 0.6) is 0 Å². The van der Waals surface area contributed by atoms with Crippen LogP contribution in [0.2, 0.25) is 0 Å². The van der Waals surface area contributed by atoms with Crippen LogP contribution in [0.4, 0.5) is 26.3 Å². The Balaban J connectivity index is 2.44. The number of nitrogens with zero attached hydrogens (tertiary/aromatic N) is 3. The highest BCUT2D eigenvalue weighted by molar-refractivity contribution is 7.99. The molecular weight excluding hydrogens is 368 g/mol. The molecule has 0 unspecified atom stereocenters. The average Bonchev–Trinajstić information content (AvgIpc) is 2.96. The highest BCUT2D eigenvalue weighted by Gasteiger charge is 2.35. The van der Waals surface area contributed by atoms with Crippen molar-refractivity contribution >= 4 is 11.8 Å². The largest absolute Gasteiger partial charge is 0.433 e. The third kappa shape index (κ3) is 4.69. The molecule has 0 radical (unpaired) electrons. The van der Waals surface area contributed by atoms with Crippen LogP contribution >= 0.6 is 11.8 Å². The second-order valence-corrected chi connectivity index (χ2v) is 5.97. The standard InChI is InChI=1S/C15H11F6N3S/c1-2-24-13(15(19,20)21)6-11(23-24)9-3-4-10(7-22)12(5-9)25-8-14(16,17)18/h3-6H,2,8H2,1H3. The van der Waals surface area contributed by atoms with E-state index < -0.39 is 23.8 Å². The molecule has 0 fully saturated rings. The Morgan fingerprint density at radius 2 is 1.84 bits per heavy atom. The van der Waals surface area contributed by atoms with Crippen LogP contribution < -0.4 is 0 Å². The van der Waals surface area contributed by atoms with E-state index in [-0.39, 0.29) is 28.3 Å². The monoisotopic (exact) mass is 379 g/mol. The Labute approximate surface area is 143 Å². The maximum absolute atomic E-state index is 13.0. The molecule has 0 aliphatic rings. The summed E-state index contributed by atoms with van der Waals surface area (Å²) >= 11 is 0.405. The van der Waals surface area contributed by atoms with E-state index in [4.69, 9.17) is 5.26 Å². The molecule has 10 heteroatoms. The molecule has 0 saturated carbocycles. The van der Waals surface area contributed by atoms with Gasteiger partial charge >= 0.3 is 12.4 Å². The maximum Gasteiger partial charge on any atom is 0.433 e. The van der Waals surface area contributed by atoms with Gasteiger partial charge in [0.25, 0.3) is 0 Å². The van der Waals surface area contributed by atoms with Gasteiger partial charge in [-0.2, -0.15) is 36.7 Å². The molecule has 2 rings (SSSR count). The average molecular weight is 379 g/mol. The Hall–Kier alpha value is -2.15. The zero-order valence-corrected chi connectivity index (χ0v) is 13.6. The summed E-state index contributed by atoms with van der Waals surface area (Å²) in [5.74, 6) is -1.21. The van der Waals surface area contributed by atoms with E-state index in [9.17, 15) is 26.3 Å². The summed E-state index contributed by atoms with van der Waals surface area (Å²) in [6.07, 6.45) is -9.03. The summed E-state index contributed by atoms with van der Waals surface area (Å²) in [7, 11) is 0. The lowest BCUT2D eigenvalue weighted by molar-refractivity contribution is -0.144. The van der Waals surface area contributed by atoms with Crippen molar-refractivity contribution in [2.45, 2.75) is 30.7 Å². The van der Waals surface area contributed by atoms with Gasteiger partial charge in [-0.3, -0.25) is 4.68 Å². The van der Waals surface area contributed by atoms with Crippen molar-refractivity contribution in [2.75, 3.05) is 5.75 Å². The summed E-state index contributed by atoms with van der Waals surface area (Å²) in [5, 5.41) is 12.8. The number of hydrogen-bond acceptors (Lipinski definition) is 3. The second-order valence-electron chi connectivity index (χ2n) is 4.95. The van der Waals surface area contributed by atoms with Crippen LogP contribution in [-0.2, 0) is 12.7 Å². The summed E-state index contributed by atoms with van der Waals surface area (Å²) in [5.41, 5.74) is -0.739. The van der Waals surface area contributed by atoms with Crippen LogP contribution in [0.1, 0.15) is 18.2 Å². The molecule has 0 aliphatic heterocycles. The van der Waals surface area contributed by atoms with Crippen molar-refractivity contribution in [3.8, 4) is 17.3 Å². The molecular formula is C15H11F6N3S. The zero-order valence-electron chi connectivity index (χ0n) is 12.7. The molecule has 1 heterocycles. The number of hydrogen-bond donors (Lipinski definition) is 0. The first-order valence-electron chi connectivity index (χ1n) is 6.94. The fraction of sp³-hybridized carbons (Fsp3) is 0.333. The SMILES string of the molecule is CCn1nc(-c2ccc(C#N)c(SCC(F)(F)F)c2)cc1C(F)(F)F. The predicted molar refractivity (Wildman–Crippen MR) is 79.8 cm³/mol. The Morgan fingerprint density at radius 3 is 2.32 bits per heavy atom. The first-order valence-corrected chi connectivity index (χ1v) is 7.93. The quantitative estimate of drug-likeness (QED) is 0.547. The summed E-state index contributed by atoms with van der Waals surface area (Å²) in [6, 6.07) is 6.48. The van der Waals surface area contributed by atoms with Crippen LogP contribution in [0.15, 0.2) is 29.2 Å². The molecule has 0 atom stereocenters. The number of halogens is 6. The summed E-state index contributed by atoms with van der Waals surface area (Å²) in [6.45, 7) is 1.48. The first-order chi connectivity index (χ1) is 11.5. The normalized spacial score (nSPS) is 12.2. The van der Waals surface area contributed by atoms with E-state index in [0.717, 1.165) is 10.7 Å². The number of aryl methyl sites for hydroxylation is 1. The van der Waals surface area contributed by atoms with Crippen molar-refractivity contribution in [1.82, 2.24) is 9.78 Å². The molecule has 0 aliphatic carbocycles. The van der Waals surface area contributed by atoms with E-state index >= 15 is 0 Å². The van der Waals surface area contributed by atoms with Crippen LogP contribution in [0.3, 0.4) is 0 Å². The number of nitriles is 1. The fourth-order valence-corrected chi connectivity index (χ4v) is 2.88. The van der Waals surface area contributed by atoms with E-state index in [0.29, 0.717) is 11.8 Å². The molecule has 134 valence electrons. The molecule has 1 aromatic heterocycles. The second kappa shape index (κ2) is 7.00. The number of rotatable bonds is 4. The molecule has 0 bridgehead atoms. The van der Waals surface area contributed by atoms with E-state index in [1.54, 1.807) is 6.07 Å². The van der Waals surface area contributed by atoms with Gasteiger partial charge in [-0.1, -0.05) is 6.07 Å². The molecule has 2 aromatic rings. The van der Waals surface area contributed by atoms with Gasteiger partial charge in [0.1, 0.15) is 11.8 Å². The fourth-order valence-electron chi connectivity index (χ4n) is 2.08. The molecule has 0 saturated heterocycles. The molecule has 0 amide bonds. The van der Waals surface area contributed by atoms with Crippen LogP contribution in [0.25, 0.3) is 11.3 Å². The van der Waals surface area contributed by atoms with E-state index in [1.807, 2.05) is 0 Å². The van der Waals surface area contributed by atoms with Gasteiger partial charge in [0.05, 0.1) is 17.0 Å². The van der Waals surface area contributed by atoms with Crippen molar-refractivity contribution in [3.63, 3.8) is 0 Å². The third-order valence-corrected chi connectivity index (χ3v) is 4.28. The number of aromatic nitrogens is 2. The van der Waals surface area contributed by atoms with E-state index in [1.165, 1.54) is 25.1 Å². The molecule has 0 spiro atoms. The van der Waals surface area contributed by atoms with Gasteiger partial charge in [-0.05, 0) is 25.1 Å². The van der Waals surface area contributed by atoms with E-state index in [2.05, 4.69) is 5.10 Å². The molecule has 3 nitrogen and oxygen atoms in total. The Bertz CT molecular complexity index is 801. The van der Waals surface area contributed by atoms with Gasteiger partial charge in [-0.25, -0.2) is 0 Å². The van der Waals surface area contributed by atoms with Crippen LogP contribution in [-0.4, -0.2) is 21.7 Å². The van der Waals surface area contributed by atoms with Gasteiger partial charge in [0.2, 0.25) is 0 Å². The van der Waals surface area contributed by atoms with Gasteiger partial charge in [0, 0.05) is 17.0 Å². The minimum Gasteiger partial charge on any atom is -0.260 e. The Morgan fingerprint density at radius 1 is 1.16 bits per heavy atom. The van der Waals surface area contributed by atoms with Crippen molar-refractivity contribution in [2.24, 2.45) is 0 Å². The topological polar surface area (TPSA) is 41.6 Å². The molecule has 25 heavy (non-hydrogen) atoms. The molecule has 1 aromatic carbocycles. The van der Waals surface area contributed by atoms with Gasteiger partial charge < -0.3 is 0 Å². The van der Waals surface area contributed by atoms with Crippen molar-refractivity contribution in [1.29, 1.82) is 5.26 Å². The maximum atomic E-state index is 13.0. The highest BCUT2D eigenvalue weighted by Crippen LogP contribution is 2.35. The van der Waals surface area contributed by atoms with Crippen molar-refractivity contribution in [3.05, 3.63) is 35.5 Å². The number of thioether (sulfide) groups is 1. The lowest BCUT2D eigenvalue weighted by Gasteiger charge is -2.08. The minimum atomic E-state index is -4.60. The minimum absolute atomic E-state index is 0.0131. The molecule has 0 N–H and O–H groups in total. The third-order valence-electron chi connectivity index (χ3n) is 3.16. The first kappa shape index (κ1) is 19.2. The smallest absolute Gasteiger partial charge is 0.260 e. The van der Waals surface area contributed by atoms with Crippen LogP contribution in [0, 0.1) is 11.3 Å². The number of alkyl halides is 6.